The summed E-state index contributed by atoms with van der Waals surface area (Å²) in [4.78, 5) is 12.0. The maximum atomic E-state index is 13.6. The molecule has 0 aliphatic heterocycles. The van der Waals surface area contributed by atoms with Crippen LogP contribution in [-0.4, -0.2) is 5.78 Å². The quantitative estimate of drug-likeness (QED) is 0.694. The van der Waals surface area contributed by atoms with E-state index in [1.54, 1.807) is 6.07 Å². The number of carbonyl (C=O) groups excluding carboxylic acids is 1. The van der Waals surface area contributed by atoms with Crippen molar-refractivity contribution in [2.45, 2.75) is 0 Å². The molecule has 0 spiro atoms. The summed E-state index contributed by atoms with van der Waals surface area (Å²) in [6.07, 6.45) is 0. The number of halogens is 4. The first kappa shape index (κ1) is 13.4. The fraction of sp³-hybridized carbons (Fsp3) is 0. The van der Waals surface area contributed by atoms with Crippen LogP contribution in [0.15, 0.2) is 45.3 Å². The SMILES string of the molecule is O=C(c1ccc(F)c(Br)c1)c1ccc(Br)cc1F. The third-order valence-electron chi connectivity index (χ3n) is 2.36. The lowest BCUT2D eigenvalue weighted by atomic mass is 10.0. The summed E-state index contributed by atoms with van der Waals surface area (Å²) in [5.74, 6) is -1.57. The van der Waals surface area contributed by atoms with Crippen molar-refractivity contribution in [1.29, 1.82) is 0 Å². The minimum absolute atomic E-state index is 0.0447. The molecule has 0 fully saturated rings. The fourth-order valence-electron chi connectivity index (χ4n) is 1.47. The minimum atomic E-state index is -0.616. The maximum Gasteiger partial charge on any atom is 0.196 e. The number of carbonyl (C=O) groups is 1. The second-order valence-corrected chi connectivity index (χ2v) is 5.35. The molecule has 0 radical (unpaired) electrons. The molecule has 0 aliphatic rings. The van der Waals surface area contributed by atoms with Crippen LogP contribution in [0.2, 0.25) is 0 Å². The van der Waals surface area contributed by atoms with Gasteiger partial charge in [-0.3, -0.25) is 4.79 Å². The lowest BCUT2D eigenvalue weighted by Gasteiger charge is -2.04. The van der Waals surface area contributed by atoms with Gasteiger partial charge in [0.05, 0.1) is 10.0 Å². The van der Waals surface area contributed by atoms with E-state index in [4.69, 9.17) is 0 Å². The van der Waals surface area contributed by atoms with Gasteiger partial charge in [0.2, 0.25) is 0 Å². The molecule has 0 amide bonds. The molecule has 0 unspecified atom stereocenters. The normalized spacial score (nSPS) is 10.4. The first-order chi connectivity index (χ1) is 8.49. The molecule has 18 heavy (non-hydrogen) atoms. The Hall–Kier alpha value is -1.07. The molecule has 2 aromatic rings. The van der Waals surface area contributed by atoms with Crippen LogP contribution < -0.4 is 0 Å². The van der Waals surface area contributed by atoms with Crippen molar-refractivity contribution in [2.24, 2.45) is 0 Å². The first-order valence-electron chi connectivity index (χ1n) is 4.94. The van der Waals surface area contributed by atoms with Crippen LogP contribution in [0.3, 0.4) is 0 Å². The van der Waals surface area contributed by atoms with Gasteiger partial charge in [-0.05, 0) is 52.3 Å². The van der Waals surface area contributed by atoms with Crippen LogP contribution >= 0.6 is 31.9 Å². The van der Waals surface area contributed by atoms with Gasteiger partial charge in [0.25, 0.3) is 0 Å². The fourth-order valence-corrected chi connectivity index (χ4v) is 2.18. The maximum absolute atomic E-state index is 13.6. The van der Waals surface area contributed by atoms with Gasteiger partial charge in [0.1, 0.15) is 11.6 Å². The third kappa shape index (κ3) is 2.67. The Kier molecular flexibility index (Phi) is 3.92. The zero-order chi connectivity index (χ0) is 13.3. The molecule has 5 heteroatoms. The highest BCUT2D eigenvalue weighted by Crippen LogP contribution is 2.22. The van der Waals surface area contributed by atoms with Crippen molar-refractivity contribution in [3.8, 4) is 0 Å². The van der Waals surface area contributed by atoms with Gasteiger partial charge in [-0.2, -0.15) is 0 Å². The highest BCUT2D eigenvalue weighted by Gasteiger charge is 2.15. The Balaban J connectivity index is 2.44. The Labute approximate surface area is 119 Å². The van der Waals surface area contributed by atoms with Gasteiger partial charge >= 0.3 is 0 Å². The minimum Gasteiger partial charge on any atom is -0.288 e. The van der Waals surface area contributed by atoms with E-state index in [0.29, 0.717) is 4.47 Å². The van der Waals surface area contributed by atoms with E-state index in [1.807, 2.05) is 0 Å². The van der Waals surface area contributed by atoms with E-state index in [9.17, 15) is 13.6 Å². The van der Waals surface area contributed by atoms with E-state index in [1.165, 1.54) is 24.3 Å². The molecule has 0 atom stereocenters. The van der Waals surface area contributed by atoms with Gasteiger partial charge in [-0.15, -0.1) is 0 Å². The summed E-state index contributed by atoms with van der Waals surface area (Å²) in [6.45, 7) is 0. The van der Waals surface area contributed by atoms with Gasteiger partial charge < -0.3 is 0 Å². The zero-order valence-electron chi connectivity index (χ0n) is 8.88. The van der Waals surface area contributed by atoms with E-state index in [-0.39, 0.29) is 15.6 Å². The topological polar surface area (TPSA) is 17.1 Å². The molecule has 0 saturated heterocycles. The second-order valence-electron chi connectivity index (χ2n) is 3.58. The smallest absolute Gasteiger partial charge is 0.196 e. The molecular formula is C13H6Br2F2O. The average molecular weight is 376 g/mol. The number of hydrogen-bond donors (Lipinski definition) is 0. The molecule has 0 heterocycles. The van der Waals surface area contributed by atoms with Crippen molar-refractivity contribution >= 4 is 37.6 Å². The van der Waals surface area contributed by atoms with Crippen molar-refractivity contribution in [3.63, 3.8) is 0 Å². The van der Waals surface area contributed by atoms with Crippen molar-refractivity contribution in [1.82, 2.24) is 0 Å². The molecule has 0 N–H and O–H groups in total. The zero-order valence-corrected chi connectivity index (χ0v) is 12.1. The molecule has 0 saturated carbocycles. The van der Waals surface area contributed by atoms with Crippen molar-refractivity contribution < 1.29 is 13.6 Å². The van der Waals surface area contributed by atoms with Gasteiger partial charge in [0, 0.05) is 10.0 Å². The summed E-state index contributed by atoms with van der Waals surface area (Å²) in [6, 6.07) is 8.00. The summed E-state index contributed by atoms with van der Waals surface area (Å²) in [5, 5.41) is 0. The number of benzene rings is 2. The highest BCUT2D eigenvalue weighted by atomic mass is 79.9. The standard InChI is InChI=1S/C13H6Br2F2O/c14-8-2-3-9(12(17)6-8)13(18)7-1-4-11(16)10(15)5-7/h1-6H. The summed E-state index contributed by atoms with van der Waals surface area (Å²) < 4.78 is 27.4. The molecule has 2 aromatic carbocycles. The number of rotatable bonds is 2. The van der Waals surface area contributed by atoms with Crippen LogP contribution in [0, 0.1) is 11.6 Å². The Morgan fingerprint density at radius 2 is 1.67 bits per heavy atom. The van der Waals surface area contributed by atoms with Crippen LogP contribution in [-0.2, 0) is 0 Å². The molecular weight excluding hydrogens is 370 g/mol. The molecule has 1 nitrogen and oxygen atoms in total. The molecule has 0 aliphatic carbocycles. The largest absolute Gasteiger partial charge is 0.288 e. The van der Waals surface area contributed by atoms with Crippen LogP contribution in [0.4, 0.5) is 8.78 Å². The first-order valence-corrected chi connectivity index (χ1v) is 6.52. The number of hydrogen-bond acceptors (Lipinski definition) is 1. The van der Waals surface area contributed by atoms with Crippen molar-refractivity contribution in [2.75, 3.05) is 0 Å². The third-order valence-corrected chi connectivity index (χ3v) is 3.46. The van der Waals surface area contributed by atoms with Crippen LogP contribution in [0.25, 0.3) is 0 Å². The van der Waals surface area contributed by atoms with E-state index in [0.717, 1.165) is 6.07 Å². The highest BCUT2D eigenvalue weighted by molar-refractivity contribution is 9.10. The molecule has 0 aromatic heterocycles. The summed E-state index contributed by atoms with van der Waals surface area (Å²) in [5.41, 5.74) is 0.182. The monoisotopic (exact) mass is 374 g/mol. The predicted octanol–water partition coefficient (Wildman–Crippen LogP) is 4.72. The summed E-state index contributed by atoms with van der Waals surface area (Å²) >= 11 is 6.10. The Morgan fingerprint density at radius 3 is 2.28 bits per heavy atom. The Bertz CT molecular complexity index is 626. The van der Waals surface area contributed by atoms with E-state index in [2.05, 4.69) is 31.9 Å². The lowest BCUT2D eigenvalue weighted by Crippen LogP contribution is -2.04. The van der Waals surface area contributed by atoms with Crippen LogP contribution in [0.1, 0.15) is 15.9 Å². The summed E-state index contributed by atoms with van der Waals surface area (Å²) in [7, 11) is 0. The van der Waals surface area contributed by atoms with E-state index >= 15 is 0 Å². The predicted molar refractivity (Wildman–Crippen MR) is 71.6 cm³/mol. The molecule has 0 bridgehead atoms. The van der Waals surface area contributed by atoms with Crippen LogP contribution in [0.5, 0.6) is 0 Å². The number of ketones is 1. The van der Waals surface area contributed by atoms with Gasteiger partial charge in [-0.1, -0.05) is 15.9 Å². The Morgan fingerprint density at radius 1 is 0.944 bits per heavy atom. The second kappa shape index (κ2) is 5.28. The van der Waals surface area contributed by atoms with E-state index < -0.39 is 17.4 Å². The van der Waals surface area contributed by atoms with Crippen molar-refractivity contribution in [3.05, 3.63) is 68.1 Å². The average Bonchev–Trinajstić information content (AvgIpc) is 2.32. The van der Waals surface area contributed by atoms with Gasteiger partial charge in [-0.25, -0.2) is 8.78 Å². The molecule has 2 rings (SSSR count). The lowest BCUT2D eigenvalue weighted by molar-refractivity contribution is 0.103. The molecule has 92 valence electrons. The van der Waals surface area contributed by atoms with Gasteiger partial charge in [0.15, 0.2) is 5.78 Å².